The highest BCUT2D eigenvalue weighted by Crippen LogP contribution is 2.30. The summed E-state index contributed by atoms with van der Waals surface area (Å²) < 4.78 is 0. The summed E-state index contributed by atoms with van der Waals surface area (Å²) >= 11 is 1.36. The lowest BCUT2D eigenvalue weighted by atomic mass is 9.94. The van der Waals surface area contributed by atoms with Crippen molar-refractivity contribution in [3.63, 3.8) is 0 Å². The van der Waals surface area contributed by atoms with Crippen molar-refractivity contribution in [2.24, 2.45) is 0 Å². The number of benzene rings is 2. The Morgan fingerprint density at radius 2 is 1.44 bits per heavy atom. The molecule has 1 amide bonds. The molecule has 0 atom stereocenters. The van der Waals surface area contributed by atoms with Crippen LogP contribution in [-0.4, -0.2) is 44.8 Å². The number of amides is 1. The fraction of sp³-hybridized carbons (Fsp3) is 0.385. The van der Waals surface area contributed by atoms with Gasteiger partial charge in [-0.3, -0.25) is 4.79 Å². The normalized spacial score (nSPS) is 14.3. The maximum absolute atomic E-state index is 12.8. The van der Waals surface area contributed by atoms with Crippen LogP contribution < -0.4 is 0 Å². The summed E-state index contributed by atoms with van der Waals surface area (Å²) in [6.45, 7) is 4.13. The van der Waals surface area contributed by atoms with E-state index < -0.39 is 0 Å². The van der Waals surface area contributed by atoms with Crippen molar-refractivity contribution in [1.29, 1.82) is 0 Å². The Hall–Kier alpha value is -2.73. The number of carbonyl (C=O) groups is 1. The molecule has 1 saturated carbocycles. The van der Waals surface area contributed by atoms with Crippen LogP contribution in [0.25, 0.3) is 22.5 Å². The Kier molecular flexibility index (Phi) is 7.20. The van der Waals surface area contributed by atoms with Gasteiger partial charge in [-0.2, -0.15) is 0 Å². The van der Waals surface area contributed by atoms with E-state index in [9.17, 15) is 4.79 Å². The quantitative estimate of drug-likeness (QED) is 0.454. The number of thioether (sulfide) groups is 1. The Morgan fingerprint density at radius 1 is 0.875 bits per heavy atom. The van der Waals surface area contributed by atoms with Crippen molar-refractivity contribution in [2.75, 3.05) is 12.8 Å². The highest BCUT2D eigenvalue weighted by molar-refractivity contribution is 7.99. The second-order valence-electron chi connectivity index (χ2n) is 8.61. The molecule has 0 unspecified atom stereocenters. The molecule has 1 aromatic heterocycles. The Balaban J connectivity index is 1.56. The van der Waals surface area contributed by atoms with Gasteiger partial charge in [0, 0.05) is 24.2 Å². The van der Waals surface area contributed by atoms with E-state index in [1.165, 1.54) is 42.2 Å². The maximum atomic E-state index is 12.8. The first-order valence-corrected chi connectivity index (χ1v) is 12.3. The number of aryl methyl sites for hydroxylation is 2. The molecular formula is C26H30N4OS. The van der Waals surface area contributed by atoms with Crippen LogP contribution in [0, 0.1) is 13.8 Å². The number of aromatic nitrogens is 3. The van der Waals surface area contributed by atoms with Gasteiger partial charge in [0.1, 0.15) is 11.4 Å². The lowest BCUT2D eigenvalue weighted by molar-refractivity contribution is -0.129. The maximum Gasteiger partial charge on any atom is 0.233 e. The smallest absolute Gasteiger partial charge is 0.233 e. The molecular weight excluding hydrogens is 416 g/mol. The van der Waals surface area contributed by atoms with Gasteiger partial charge in [0.05, 0.1) is 5.75 Å². The minimum atomic E-state index is 0.130. The van der Waals surface area contributed by atoms with E-state index in [-0.39, 0.29) is 5.91 Å². The molecule has 0 bridgehead atoms. The predicted molar refractivity (Wildman–Crippen MR) is 131 cm³/mol. The summed E-state index contributed by atoms with van der Waals surface area (Å²) in [6, 6.07) is 16.9. The second-order valence-corrected chi connectivity index (χ2v) is 9.55. The minimum absolute atomic E-state index is 0.130. The SMILES string of the molecule is Cc1ccc(-c2nnc(SCC(=O)N(C)C3CCCCC3)nc2-c2ccc(C)cc2)cc1. The molecule has 166 valence electrons. The summed E-state index contributed by atoms with van der Waals surface area (Å²) in [4.78, 5) is 19.5. The van der Waals surface area contributed by atoms with Gasteiger partial charge in [-0.15, -0.1) is 10.2 Å². The number of hydrogen-bond donors (Lipinski definition) is 0. The lowest BCUT2D eigenvalue weighted by Gasteiger charge is -2.31. The predicted octanol–water partition coefficient (Wildman–Crippen LogP) is 5.71. The van der Waals surface area contributed by atoms with E-state index in [2.05, 4.69) is 60.4 Å². The average molecular weight is 447 g/mol. The van der Waals surface area contributed by atoms with Gasteiger partial charge >= 0.3 is 0 Å². The van der Waals surface area contributed by atoms with Crippen molar-refractivity contribution < 1.29 is 4.79 Å². The number of carbonyl (C=O) groups excluding carboxylic acids is 1. The molecule has 1 aliphatic rings. The molecule has 6 heteroatoms. The summed E-state index contributed by atoms with van der Waals surface area (Å²) in [7, 11) is 1.93. The molecule has 2 aromatic carbocycles. The molecule has 3 aromatic rings. The van der Waals surface area contributed by atoms with Crippen LogP contribution in [0.3, 0.4) is 0 Å². The summed E-state index contributed by atoms with van der Waals surface area (Å²) in [5.41, 5.74) is 5.91. The van der Waals surface area contributed by atoms with Gasteiger partial charge in [-0.05, 0) is 26.7 Å². The van der Waals surface area contributed by atoms with E-state index in [1.54, 1.807) is 0 Å². The molecule has 32 heavy (non-hydrogen) atoms. The van der Waals surface area contributed by atoms with Crippen molar-refractivity contribution in [3.05, 3.63) is 59.7 Å². The highest BCUT2D eigenvalue weighted by atomic mass is 32.2. The first kappa shape index (κ1) is 22.5. The van der Waals surface area contributed by atoms with Crippen molar-refractivity contribution in [1.82, 2.24) is 20.1 Å². The molecule has 0 saturated heterocycles. The molecule has 4 rings (SSSR count). The molecule has 1 fully saturated rings. The zero-order valence-corrected chi connectivity index (χ0v) is 19.9. The topological polar surface area (TPSA) is 59.0 Å². The lowest BCUT2D eigenvalue weighted by Crippen LogP contribution is -2.39. The standard InChI is InChI=1S/C26H30N4OS/c1-18-9-13-20(14-10-18)24-25(21-15-11-19(2)12-16-21)28-29-26(27-24)32-17-23(31)30(3)22-7-5-4-6-8-22/h9-16,22H,4-8,17H2,1-3H3. The first-order chi connectivity index (χ1) is 15.5. The Bertz CT molecular complexity index is 1060. The van der Waals surface area contributed by atoms with Crippen LogP contribution in [0.5, 0.6) is 0 Å². The fourth-order valence-electron chi connectivity index (χ4n) is 4.09. The van der Waals surface area contributed by atoms with E-state index in [0.717, 1.165) is 35.4 Å². The fourth-order valence-corrected chi connectivity index (χ4v) is 4.80. The van der Waals surface area contributed by atoms with Crippen LogP contribution in [0.15, 0.2) is 53.7 Å². The van der Waals surface area contributed by atoms with Crippen LogP contribution in [0.2, 0.25) is 0 Å². The van der Waals surface area contributed by atoms with Gasteiger partial charge in [0.2, 0.25) is 11.1 Å². The first-order valence-electron chi connectivity index (χ1n) is 11.3. The van der Waals surface area contributed by atoms with E-state index >= 15 is 0 Å². The second kappa shape index (κ2) is 10.3. The summed E-state index contributed by atoms with van der Waals surface area (Å²) in [5, 5.41) is 9.42. The number of hydrogen-bond acceptors (Lipinski definition) is 5. The van der Waals surface area contributed by atoms with Crippen LogP contribution >= 0.6 is 11.8 Å². The largest absolute Gasteiger partial charge is 0.342 e. The van der Waals surface area contributed by atoms with E-state index in [4.69, 9.17) is 4.98 Å². The third-order valence-electron chi connectivity index (χ3n) is 6.16. The van der Waals surface area contributed by atoms with Gasteiger partial charge in [0.25, 0.3) is 0 Å². The third kappa shape index (κ3) is 5.36. The molecule has 1 heterocycles. The van der Waals surface area contributed by atoms with E-state index in [1.807, 2.05) is 24.1 Å². The van der Waals surface area contributed by atoms with Gasteiger partial charge in [0.15, 0.2) is 0 Å². The van der Waals surface area contributed by atoms with Crippen molar-refractivity contribution in [2.45, 2.75) is 57.1 Å². The molecule has 0 radical (unpaired) electrons. The van der Waals surface area contributed by atoms with Crippen molar-refractivity contribution in [3.8, 4) is 22.5 Å². The summed E-state index contributed by atoms with van der Waals surface area (Å²) in [6.07, 6.45) is 5.91. The summed E-state index contributed by atoms with van der Waals surface area (Å²) in [5.74, 6) is 0.455. The number of nitrogens with zero attached hydrogens (tertiary/aromatic N) is 4. The van der Waals surface area contributed by atoms with Gasteiger partial charge in [-0.1, -0.05) is 90.7 Å². The molecule has 0 aliphatic heterocycles. The van der Waals surface area contributed by atoms with Crippen LogP contribution in [0.4, 0.5) is 0 Å². The minimum Gasteiger partial charge on any atom is -0.342 e. The highest BCUT2D eigenvalue weighted by Gasteiger charge is 2.22. The molecule has 0 spiro atoms. The van der Waals surface area contributed by atoms with Crippen LogP contribution in [0.1, 0.15) is 43.2 Å². The third-order valence-corrected chi connectivity index (χ3v) is 6.98. The number of rotatable bonds is 6. The molecule has 1 aliphatic carbocycles. The monoisotopic (exact) mass is 446 g/mol. The van der Waals surface area contributed by atoms with E-state index in [0.29, 0.717) is 17.0 Å². The molecule has 5 nitrogen and oxygen atoms in total. The zero-order chi connectivity index (χ0) is 22.5. The van der Waals surface area contributed by atoms with Gasteiger partial charge < -0.3 is 4.90 Å². The Labute approximate surface area is 194 Å². The van der Waals surface area contributed by atoms with Crippen molar-refractivity contribution >= 4 is 17.7 Å². The van der Waals surface area contributed by atoms with Gasteiger partial charge in [-0.25, -0.2) is 4.98 Å². The van der Waals surface area contributed by atoms with Crippen LogP contribution in [-0.2, 0) is 4.79 Å². The zero-order valence-electron chi connectivity index (χ0n) is 19.0. The Morgan fingerprint density at radius 3 is 2.03 bits per heavy atom. The average Bonchev–Trinajstić information content (AvgIpc) is 2.83. The molecule has 0 N–H and O–H groups in total.